The van der Waals surface area contributed by atoms with Crippen LogP contribution in [0.15, 0.2) is 30.5 Å². The normalized spacial score (nSPS) is 10.4. The van der Waals surface area contributed by atoms with Gasteiger partial charge in [-0.05, 0) is 18.2 Å². The Kier molecular flexibility index (Phi) is 2.45. The molecule has 1 aromatic carbocycles. The van der Waals surface area contributed by atoms with Gasteiger partial charge in [0.25, 0.3) is 0 Å². The lowest BCUT2D eigenvalue weighted by molar-refractivity contribution is 0.624. The Labute approximate surface area is 85.1 Å². The van der Waals surface area contributed by atoms with Gasteiger partial charge in [-0.15, -0.1) is 16.7 Å². The molecule has 0 radical (unpaired) electrons. The van der Waals surface area contributed by atoms with Crippen LogP contribution in [0.25, 0.3) is 5.69 Å². The zero-order valence-corrected chi connectivity index (χ0v) is 7.95. The highest BCUT2D eigenvalue weighted by molar-refractivity contribution is 6.16. The number of alkyl halides is 1. The SMILES string of the molecule is Fc1cccc(-n2nncc2CCl)c1. The molecule has 0 aliphatic rings. The third kappa shape index (κ3) is 1.61. The second-order valence-corrected chi connectivity index (χ2v) is 3.02. The van der Waals surface area contributed by atoms with Crippen molar-refractivity contribution in [3.63, 3.8) is 0 Å². The fourth-order valence-corrected chi connectivity index (χ4v) is 1.35. The summed E-state index contributed by atoms with van der Waals surface area (Å²) in [5.74, 6) is -0.0118. The van der Waals surface area contributed by atoms with E-state index in [-0.39, 0.29) is 5.82 Å². The molecule has 0 bridgehead atoms. The first kappa shape index (κ1) is 9.15. The Morgan fingerprint density at radius 3 is 3.00 bits per heavy atom. The average Bonchev–Trinajstić information content (AvgIpc) is 2.65. The predicted octanol–water partition coefficient (Wildman–Crippen LogP) is 2.15. The first-order chi connectivity index (χ1) is 6.81. The van der Waals surface area contributed by atoms with Crippen LogP contribution in [0.4, 0.5) is 4.39 Å². The van der Waals surface area contributed by atoms with Gasteiger partial charge in [0.15, 0.2) is 0 Å². The molecular formula is C9H7ClFN3. The number of halogens is 2. The molecule has 0 saturated heterocycles. The first-order valence-electron chi connectivity index (χ1n) is 4.03. The van der Waals surface area contributed by atoms with Crippen molar-refractivity contribution in [2.45, 2.75) is 5.88 Å². The van der Waals surface area contributed by atoms with Gasteiger partial charge < -0.3 is 0 Å². The first-order valence-corrected chi connectivity index (χ1v) is 4.56. The van der Waals surface area contributed by atoms with Crippen molar-refractivity contribution >= 4 is 11.6 Å². The van der Waals surface area contributed by atoms with Crippen LogP contribution >= 0.6 is 11.6 Å². The Hall–Kier alpha value is -1.42. The smallest absolute Gasteiger partial charge is 0.125 e. The van der Waals surface area contributed by atoms with Gasteiger partial charge in [-0.1, -0.05) is 11.3 Å². The molecule has 0 fully saturated rings. The van der Waals surface area contributed by atoms with Gasteiger partial charge in [-0.25, -0.2) is 9.07 Å². The second-order valence-electron chi connectivity index (χ2n) is 2.75. The molecule has 0 aliphatic carbocycles. The lowest BCUT2D eigenvalue weighted by Crippen LogP contribution is -2.00. The van der Waals surface area contributed by atoms with Crippen LogP contribution in [0.5, 0.6) is 0 Å². The lowest BCUT2D eigenvalue weighted by Gasteiger charge is -2.02. The van der Waals surface area contributed by atoms with E-state index in [1.165, 1.54) is 16.8 Å². The monoisotopic (exact) mass is 211 g/mol. The number of benzene rings is 1. The van der Waals surface area contributed by atoms with Crippen molar-refractivity contribution in [2.24, 2.45) is 0 Å². The summed E-state index contributed by atoms with van der Waals surface area (Å²) in [6, 6.07) is 6.11. The average molecular weight is 212 g/mol. The molecule has 0 atom stereocenters. The van der Waals surface area contributed by atoms with Crippen molar-refractivity contribution in [3.8, 4) is 5.69 Å². The van der Waals surface area contributed by atoms with Crippen molar-refractivity contribution in [1.29, 1.82) is 0 Å². The number of hydrogen-bond donors (Lipinski definition) is 0. The molecule has 0 N–H and O–H groups in total. The van der Waals surface area contributed by atoms with Crippen LogP contribution in [0.3, 0.4) is 0 Å². The molecule has 0 aliphatic heterocycles. The fraction of sp³-hybridized carbons (Fsp3) is 0.111. The van der Waals surface area contributed by atoms with Gasteiger partial charge in [0.2, 0.25) is 0 Å². The molecule has 0 amide bonds. The summed E-state index contributed by atoms with van der Waals surface area (Å²) in [4.78, 5) is 0. The van der Waals surface area contributed by atoms with Gasteiger partial charge in [-0.2, -0.15) is 0 Å². The molecule has 5 heteroatoms. The maximum atomic E-state index is 12.9. The summed E-state index contributed by atoms with van der Waals surface area (Å²) in [5, 5.41) is 7.52. The van der Waals surface area contributed by atoms with Crippen molar-refractivity contribution in [1.82, 2.24) is 15.0 Å². The fourth-order valence-electron chi connectivity index (χ4n) is 1.17. The van der Waals surface area contributed by atoms with E-state index >= 15 is 0 Å². The van der Waals surface area contributed by atoms with Crippen LogP contribution in [0.1, 0.15) is 5.69 Å². The number of rotatable bonds is 2. The van der Waals surface area contributed by atoms with Crippen LogP contribution in [-0.4, -0.2) is 15.0 Å². The van der Waals surface area contributed by atoms with Gasteiger partial charge in [0.05, 0.1) is 23.5 Å². The van der Waals surface area contributed by atoms with E-state index in [9.17, 15) is 4.39 Å². The standard InChI is InChI=1S/C9H7ClFN3/c10-5-9-6-12-13-14(9)8-3-1-2-7(11)4-8/h1-4,6H,5H2. The van der Waals surface area contributed by atoms with E-state index in [0.717, 1.165) is 5.69 Å². The summed E-state index contributed by atoms with van der Waals surface area (Å²) in [6.45, 7) is 0. The maximum absolute atomic E-state index is 12.9. The molecule has 72 valence electrons. The number of aromatic nitrogens is 3. The van der Waals surface area contributed by atoms with Crippen LogP contribution in [0, 0.1) is 5.82 Å². The molecule has 2 rings (SSSR count). The van der Waals surface area contributed by atoms with Crippen molar-refractivity contribution in [2.75, 3.05) is 0 Å². The van der Waals surface area contributed by atoms with Gasteiger partial charge in [0, 0.05) is 0 Å². The molecule has 14 heavy (non-hydrogen) atoms. The van der Waals surface area contributed by atoms with Crippen molar-refractivity contribution < 1.29 is 4.39 Å². The third-order valence-corrected chi connectivity index (χ3v) is 2.08. The zero-order chi connectivity index (χ0) is 9.97. The minimum Gasteiger partial charge on any atom is -0.216 e. The van der Waals surface area contributed by atoms with E-state index in [0.29, 0.717) is 11.6 Å². The van der Waals surface area contributed by atoms with E-state index in [2.05, 4.69) is 10.3 Å². The molecule has 0 unspecified atom stereocenters. The van der Waals surface area contributed by atoms with Crippen LogP contribution in [0.2, 0.25) is 0 Å². The lowest BCUT2D eigenvalue weighted by atomic mass is 10.3. The third-order valence-electron chi connectivity index (χ3n) is 1.81. The molecule has 1 heterocycles. The van der Waals surface area contributed by atoms with E-state index in [4.69, 9.17) is 11.6 Å². The highest BCUT2D eigenvalue weighted by Crippen LogP contribution is 2.11. The van der Waals surface area contributed by atoms with Crippen molar-refractivity contribution in [3.05, 3.63) is 42.0 Å². The summed E-state index contributed by atoms with van der Waals surface area (Å²) < 4.78 is 14.4. The summed E-state index contributed by atoms with van der Waals surface area (Å²) in [7, 11) is 0. The van der Waals surface area contributed by atoms with Crippen LogP contribution < -0.4 is 0 Å². The Balaban J connectivity index is 2.49. The highest BCUT2D eigenvalue weighted by Gasteiger charge is 2.04. The summed E-state index contributed by atoms with van der Waals surface area (Å²) >= 11 is 5.67. The molecule has 0 saturated carbocycles. The molecule has 3 nitrogen and oxygen atoms in total. The van der Waals surface area contributed by atoms with Crippen LogP contribution in [-0.2, 0) is 5.88 Å². The highest BCUT2D eigenvalue weighted by atomic mass is 35.5. The quantitative estimate of drug-likeness (QED) is 0.713. The number of hydrogen-bond acceptors (Lipinski definition) is 2. The van der Waals surface area contributed by atoms with Gasteiger partial charge >= 0.3 is 0 Å². The number of nitrogens with zero attached hydrogens (tertiary/aromatic N) is 3. The summed E-state index contributed by atoms with van der Waals surface area (Å²) in [5.41, 5.74) is 1.36. The van der Waals surface area contributed by atoms with E-state index in [1.54, 1.807) is 18.3 Å². The maximum Gasteiger partial charge on any atom is 0.125 e. The Bertz CT molecular complexity index is 441. The Morgan fingerprint density at radius 1 is 1.43 bits per heavy atom. The van der Waals surface area contributed by atoms with Gasteiger partial charge in [-0.3, -0.25) is 0 Å². The predicted molar refractivity (Wildman–Crippen MR) is 50.9 cm³/mol. The van der Waals surface area contributed by atoms with Gasteiger partial charge in [0.1, 0.15) is 5.82 Å². The molecule has 0 spiro atoms. The molecular weight excluding hydrogens is 205 g/mol. The minimum absolute atomic E-state index is 0.295. The van der Waals surface area contributed by atoms with E-state index < -0.39 is 0 Å². The van der Waals surface area contributed by atoms with E-state index in [1.807, 2.05) is 0 Å². The molecule has 1 aromatic heterocycles. The second kappa shape index (κ2) is 3.75. The Morgan fingerprint density at radius 2 is 2.29 bits per heavy atom. The summed E-state index contributed by atoms with van der Waals surface area (Å²) in [6.07, 6.45) is 1.55. The molecule has 2 aromatic rings. The largest absolute Gasteiger partial charge is 0.216 e. The minimum atomic E-state index is -0.307. The topological polar surface area (TPSA) is 30.7 Å². The zero-order valence-electron chi connectivity index (χ0n) is 7.19.